The fraction of sp³-hybridized carbons (Fsp3) is 0.455. The first-order valence-corrected chi connectivity index (χ1v) is 6.84. The van der Waals surface area contributed by atoms with Crippen molar-refractivity contribution in [3.63, 3.8) is 0 Å². The van der Waals surface area contributed by atoms with Gasteiger partial charge in [-0.05, 0) is 48.0 Å². The Kier molecular flexibility index (Phi) is 6.10. The lowest BCUT2D eigenvalue weighted by Crippen LogP contribution is -2.32. The highest BCUT2D eigenvalue weighted by Crippen LogP contribution is 2.28. The summed E-state index contributed by atoms with van der Waals surface area (Å²) in [5.74, 6) is 0.571. The number of halogens is 3. The summed E-state index contributed by atoms with van der Waals surface area (Å²) in [4.78, 5) is 4.13. The van der Waals surface area contributed by atoms with Crippen molar-refractivity contribution in [2.75, 3.05) is 18.8 Å². The Bertz CT molecular complexity index is 553. The highest BCUT2D eigenvalue weighted by atomic mass is 127. The summed E-state index contributed by atoms with van der Waals surface area (Å²) in [6, 6.07) is 2.42. The molecule has 19 heavy (non-hydrogen) atoms. The minimum atomic E-state index is 0. The van der Waals surface area contributed by atoms with Crippen molar-refractivity contribution >= 4 is 64.1 Å². The van der Waals surface area contributed by atoms with Crippen LogP contribution in [0.5, 0.6) is 0 Å². The zero-order valence-corrected chi connectivity index (χ0v) is 14.0. The van der Waals surface area contributed by atoms with Crippen LogP contribution in [0, 0.1) is 3.70 Å². The smallest absolute Gasteiger partial charge is 0.135 e. The average molecular weight is 416 g/mol. The largest absolute Gasteiger partial charge is 0.383 e. The quantitative estimate of drug-likeness (QED) is 0.701. The Hall–Kier alpha value is -0.310. The molecule has 3 N–H and O–H groups in total. The molecular formula is C11H16Cl2IN5. The van der Waals surface area contributed by atoms with E-state index in [1.54, 1.807) is 6.20 Å². The van der Waals surface area contributed by atoms with E-state index in [-0.39, 0.29) is 24.8 Å². The lowest BCUT2D eigenvalue weighted by Gasteiger charge is -2.23. The molecule has 0 saturated carbocycles. The molecular weight excluding hydrogens is 400 g/mol. The number of anilines is 1. The number of nitrogens with zero attached hydrogens (tertiary/aromatic N) is 3. The zero-order valence-electron chi connectivity index (χ0n) is 10.2. The maximum absolute atomic E-state index is 5.92. The van der Waals surface area contributed by atoms with E-state index >= 15 is 0 Å². The Morgan fingerprint density at radius 2 is 2.21 bits per heavy atom. The number of rotatable bonds is 1. The monoisotopic (exact) mass is 415 g/mol. The summed E-state index contributed by atoms with van der Waals surface area (Å²) in [5, 5.41) is 9.01. The molecule has 0 radical (unpaired) electrons. The molecule has 1 unspecified atom stereocenters. The molecule has 1 fully saturated rings. The number of nitrogen functional groups attached to an aromatic ring is 1. The third-order valence-corrected chi connectivity index (χ3v) is 3.98. The number of aromatic nitrogens is 3. The third-order valence-electron chi connectivity index (χ3n) is 3.22. The average Bonchev–Trinajstić information content (AvgIpc) is 2.69. The summed E-state index contributed by atoms with van der Waals surface area (Å²) in [5.41, 5.74) is 7.01. The highest BCUT2D eigenvalue weighted by molar-refractivity contribution is 14.1. The summed E-state index contributed by atoms with van der Waals surface area (Å²) in [7, 11) is 0. The summed E-state index contributed by atoms with van der Waals surface area (Å²) >= 11 is 2.23. The Balaban J connectivity index is 0.000000902. The first-order chi connectivity index (χ1) is 8.27. The van der Waals surface area contributed by atoms with Gasteiger partial charge < -0.3 is 11.1 Å². The number of hydrogen-bond donors (Lipinski definition) is 2. The van der Waals surface area contributed by atoms with Crippen molar-refractivity contribution in [1.82, 2.24) is 20.1 Å². The number of hydrogen-bond acceptors (Lipinski definition) is 4. The molecule has 0 aromatic carbocycles. The second-order valence-electron chi connectivity index (χ2n) is 4.33. The maximum Gasteiger partial charge on any atom is 0.135 e. The number of piperidine rings is 1. The molecule has 2 aromatic rings. The van der Waals surface area contributed by atoms with Gasteiger partial charge in [-0.2, -0.15) is 5.10 Å². The van der Waals surface area contributed by atoms with E-state index in [4.69, 9.17) is 5.73 Å². The van der Waals surface area contributed by atoms with Gasteiger partial charge in [-0.25, -0.2) is 4.98 Å². The molecule has 5 nitrogen and oxygen atoms in total. The van der Waals surface area contributed by atoms with Crippen LogP contribution in [-0.4, -0.2) is 27.9 Å². The van der Waals surface area contributed by atoms with Gasteiger partial charge in [0.2, 0.25) is 0 Å². The van der Waals surface area contributed by atoms with Crippen LogP contribution in [0.2, 0.25) is 0 Å². The molecule has 0 spiro atoms. The molecule has 2 aromatic heterocycles. The molecule has 106 valence electrons. The third kappa shape index (κ3) is 3.07. The molecule has 1 aliphatic heterocycles. The normalized spacial score (nSPS) is 18.7. The predicted octanol–water partition coefficient (Wildman–Crippen LogP) is 2.39. The molecule has 0 bridgehead atoms. The number of nitrogens with two attached hydrogens (primary N) is 1. The lowest BCUT2D eigenvalue weighted by atomic mass is 10.1. The van der Waals surface area contributed by atoms with Crippen molar-refractivity contribution in [2.45, 2.75) is 18.9 Å². The van der Waals surface area contributed by atoms with Gasteiger partial charge in [-0.1, -0.05) is 0 Å². The van der Waals surface area contributed by atoms with Crippen molar-refractivity contribution < 1.29 is 0 Å². The van der Waals surface area contributed by atoms with Gasteiger partial charge >= 0.3 is 0 Å². The number of fused-ring (bicyclic) bond motifs is 1. The lowest BCUT2D eigenvalue weighted by molar-refractivity contribution is 0.354. The van der Waals surface area contributed by atoms with Crippen molar-refractivity contribution in [3.8, 4) is 0 Å². The minimum Gasteiger partial charge on any atom is -0.383 e. The fourth-order valence-corrected chi connectivity index (χ4v) is 3.17. The topological polar surface area (TPSA) is 68.8 Å². The van der Waals surface area contributed by atoms with Crippen LogP contribution < -0.4 is 11.1 Å². The SMILES string of the molecule is Cl.Cl.Nc1nccc2c1c(I)nn2C1CCCNC1. The molecule has 1 atom stereocenters. The minimum absolute atomic E-state index is 0. The maximum atomic E-state index is 5.92. The van der Waals surface area contributed by atoms with Crippen LogP contribution in [0.1, 0.15) is 18.9 Å². The van der Waals surface area contributed by atoms with Crippen LogP contribution in [-0.2, 0) is 0 Å². The van der Waals surface area contributed by atoms with E-state index in [0.717, 1.165) is 27.7 Å². The van der Waals surface area contributed by atoms with E-state index in [1.807, 2.05) is 6.07 Å². The van der Waals surface area contributed by atoms with E-state index < -0.39 is 0 Å². The van der Waals surface area contributed by atoms with Gasteiger partial charge in [-0.15, -0.1) is 24.8 Å². The van der Waals surface area contributed by atoms with Gasteiger partial charge in [0, 0.05) is 12.7 Å². The molecule has 8 heteroatoms. The van der Waals surface area contributed by atoms with E-state index in [0.29, 0.717) is 11.9 Å². The van der Waals surface area contributed by atoms with Crippen molar-refractivity contribution in [1.29, 1.82) is 0 Å². The molecule has 0 amide bonds. The Morgan fingerprint density at radius 1 is 1.42 bits per heavy atom. The molecule has 3 rings (SSSR count). The number of pyridine rings is 1. The highest BCUT2D eigenvalue weighted by Gasteiger charge is 2.20. The molecule has 1 aliphatic rings. The Morgan fingerprint density at radius 3 is 2.89 bits per heavy atom. The first kappa shape index (κ1) is 16.7. The van der Waals surface area contributed by atoms with Crippen molar-refractivity contribution in [2.24, 2.45) is 0 Å². The molecule has 0 aliphatic carbocycles. The van der Waals surface area contributed by atoms with Crippen molar-refractivity contribution in [3.05, 3.63) is 16.0 Å². The zero-order chi connectivity index (χ0) is 11.8. The standard InChI is InChI=1S/C11H14IN5.2ClH/c12-10-9-8(3-5-15-11(9)13)17(16-10)7-2-1-4-14-6-7;;/h3,5,7,14H,1-2,4,6H2,(H2,13,15);2*1H. The second-order valence-corrected chi connectivity index (χ2v) is 5.35. The van der Waals surface area contributed by atoms with E-state index in [2.05, 4.69) is 42.7 Å². The summed E-state index contributed by atoms with van der Waals surface area (Å²) in [6.07, 6.45) is 4.12. The van der Waals surface area contributed by atoms with Gasteiger partial charge in [0.25, 0.3) is 0 Å². The van der Waals surface area contributed by atoms with Crippen LogP contribution in [0.15, 0.2) is 12.3 Å². The van der Waals surface area contributed by atoms with E-state index in [9.17, 15) is 0 Å². The van der Waals surface area contributed by atoms with E-state index in [1.165, 1.54) is 12.8 Å². The van der Waals surface area contributed by atoms with Crippen LogP contribution in [0.25, 0.3) is 10.9 Å². The molecule has 1 saturated heterocycles. The first-order valence-electron chi connectivity index (χ1n) is 5.76. The number of nitrogens with one attached hydrogen (secondary N) is 1. The second kappa shape index (κ2) is 6.92. The Labute approximate surface area is 137 Å². The van der Waals surface area contributed by atoms with Gasteiger partial charge in [0.15, 0.2) is 0 Å². The molecule has 3 heterocycles. The predicted molar refractivity (Wildman–Crippen MR) is 90.3 cm³/mol. The van der Waals surface area contributed by atoms with Crippen LogP contribution >= 0.6 is 47.4 Å². The van der Waals surface area contributed by atoms with Crippen LogP contribution in [0.4, 0.5) is 5.82 Å². The van der Waals surface area contributed by atoms with Gasteiger partial charge in [0.05, 0.1) is 16.9 Å². The van der Waals surface area contributed by atoms with Gasteiger partial charge in [0.1, 0.15) is 9.52 Å². The summed E-state index contributed by atoms with van der Waals surface area (Å²) in [6.45, 7) is 2.09. The summed E-state index contributed by atoms with van der Waals surface area (Å²) < 4.78 is 3.04. The fourth-order valence-electron chi connectivity index (χ4n) is 2.39. The van der Waals surface area contributed by atoms with Gasteiger partial charge in [-0.3, -0.25) is 4.68 Å². The van der Waals surface area contributed by atoms with Crippen LogP contribution in [0.3, 0.4) is 0 Å².